The zero-order chi connectivity index (χ0) is 15.2. The average molecular weight is 325 g/mol. The molecule has 0 fully saturated rings. The summed E-state index contributed by atoms with van der Waals surface area (Å²) in [4.78, 5) is 3.79. The number of aromatic nitrogens is 2. The Morgan fingerprint density at radius 1 is 1.19 bits per heavy atom. The molecule has 1 aromatic carbocycles. The fraction of sp³-hybridized carbons (Fsp3) is 0.0714. The lowest BCUT2D eigenvalue weighted by atomic mass is 10.2. The summed E-state index contributed by atoms with van der Waals surface area (Å²) in [6.45, 7) is 1.86. The van der Waals surface area contributed by atoms with Crippen LogP contribution in [0.1, 0.15) is 5.56 Å². The fourth-order valence-corrected chi connectivity index (χ4v) is 3.54. The van der Waals surface area contributed by atoms with Crippen LogP contribution in [0.4, 0.5) is 4.39 Å². The highest BCUT2D eigenvalue weighted by Gasteiger charge is 2.20. The zero-order valence-electron chi connectivity index (χ0n) is 10.9. The van der Waals surface area contributed by atoms with Crippen molar-refractivity contribution in [2.75, 3.05) is 0 Å². The second-order valence-electron chi connectivity index (χ2n) is 4.59. The minimum absolute atomic E-state index is 0.116. The van der Waals surface area contributed by atoms with E-state index in [0.717, 1.165) is 9.54 Å². The highest BCUT2D eigenvalue weighted by molar-refractivity contribution is 7.90. The minimum atomic E-state index is -3.80. The van der Waals surface area contributed by atoms with Gasteiger partial charge in [0.1, 0.15) is 0 Å². The van der Waals surface area contributed by atoms with E-state index in [4.69, 9.17) is 11.6 Å². The molecule has 4 nitrogen and oxygen atoms in total. The standard InChI is InChI=1S/C14H10ClFN2O2S/c1-9-2-4-10(5-3-9)21(19,20)18-7-6-11-12(18)8-17-14(15)13(11)16/h2-8H,1H3. The van der Waals surface area contributed by atoms with Crippen molar-refractivity contribution in [2.45, 2.75) is 11.8 Å². The predicted octanol–water partition coefficient (Wildman–Crippen LogP) is 3.37. The number of rotatable bonds is 2. The molecule has 0 N–H and O–H groups in total. The monoisotopic (exact) mass is 324 g/mol. The second kappa shape index (κ2) is 4.82. The van der Waals surface area contributed by atoms with Crippen LogP contribution in [0.15, 0.2) is 47.6 Å². The lowest BCUT2D eigenvalue weighted by Crippen LogP contribution is -2.12. The van der Waals surface area contributed by atoms with Crippen LogP contribution in [-0.2, 0) is 10.0 Å². The summed E-state index contributed by atoms with van der Waals surface area (Å²) in [6, 6.07) is 7.79. The molecule has 0 amide bonds. The van der Waals surface area contributed by atoms with Crippen molar-refractivity contribution >= 4 is 32.5 Å². The topological polar surface area (TPSA) is 52.0 Å². The third kappa shape index (κ3) is 2.20. The van der Waals surface area contributed by atoms with Crippen molar-refractivity contribution < 1.29 is 12.8 Å². The Balaban J connectivity index is 2.25. The van der Waals surface area contributed by atoms with Gasteiger partial charge in [-0.25, -0.2) is 21.8 Å². The summed E-state index contributed by atoms with van der Waals surface area (Å²) in [5.74, 6) is -0.730. The third-order valence-electron chi connectivity index (χ3n) is 3.19. The van der Waals surface area contributed by atoms with Gasteiger partial charge >= 0.3 is 0 Å². The van der Waals surface area contributed by atoms with Gasteiger partial charge in [0.15, 0.2) is 11.0 Å². The largest absolute Gasteiger partial charge is 0.268 e. The van der Waals surface area contributed by atoms with Gasteiger partial charge in [0.25, 0.3) is 10.0 Å². The first-order valence-corrected chi connectivity index (χ1v) is 7.86. The summed E-state index contributed by atoms with van der Waals surface area (Å²) in [6.07, 6.45) is 2.54. The zero-order valence-corrected chi connectivity index (χ0v) is 12.5. The maximum absolute atomic E-state index is 13.9. The number of aryl methyl sites for hydroxylation is 1. The van der Waals surface area contributed by atoms with Crippen molar-refractivity contribution in [1.82, 2.24) is 8.96 Å². The summed E-state index contributed by atoms with van der Waals surface area (Å²) < 4.78 is 40.0. The third-order valence-corrected chi connectivity index (χ3v) is 5.15. The average Bonchev–Trinajstić information content (AvgIpc) is 2.89. The number of benzene rings is 1. The van der Waals surface area contributed by atoms with Gasteiger partial charge < -0.3 is 0 Å². The van der Waals surface area contributed by atoms with Crippen LogP contribution in [0.25, 0.3) is 10.9 Å². The van der Waals surface area contributed by atoms with Crippen LogP contribution in [0.3, 0.4) is 0 Å². The second-order valence-corrected chi connectivity index (χ2v) is 6.76. The maximum atomic E-state index is 13.9. The number of halogens is 2. The van der Waals surface area contributed by atoms with E-state index in [0.29, 0.717) is 0 Å². The van der Waals surface area contributed by atoms with Gasteiger partial charge in [0.05, 0.1) is 16.6 Å². The highest BCUT2D eigenvalue weighted by Crippen LogP contribution is 2.26. The molecule has 0 saturated carbocycles. The molecule has 0 aliphatic heterocycles. The Labute approximate surface area is 125 Å². The smallest absolute Gasteiger partial charge is 0.239 e. The molecule has 0 aliphatic carbocycles. The van der Waals surface area contributed by atoms with Crippen molar-refractivity contribution in [3.05, 3.63) is 59.3 Å². The number of fused-ring (bicyclic) bond motifs is 1. The molecule has 2 heterocycles. The molecule has 0 saturated heterocycles. The number of hydrogen-bond donors (Lipinski definition) is 0. The summed E-state index contributed by atoms with van der Waals surface area (Å²) in [5, 5.41) is -0.168. The molecule has 0 unspecified atom stereocenters. The van der Waals surface area contributed by atoms with E-state index in [-0.39, 0.29) is 21.0 Å². The Kier molecular flexibility index (Phi) is 3.22. The van der Waals surface area contributed by atoms with Gasteiger partial charge in [-0.2, -0.15) is 0 Å². The van der Waals surface area contributed by atoms with Crippen molar-refractivity contribution in [1.29, 1.82) is 0 Å². The van der Waals surface area contributed by atoms with Gasteiger partial charge in [-0.1, -0.05) is 29.3 Å². The molecule has 21 heavy (non-hydrogen) atoms. The molecule has 2 aromatic heterocycles. The van der Waals surface area contributed by atoms with Gasteiger partial charge in [0, 0.05) is 11.6 Å². The van der Waals surface area contributed by atoms with Crippen LogP contribution in [0.5, 0.6) is 0 Å². The number of nitrogens with zero attached hydrogens (tertiary/aromatic N) is 2. The van der Waals surface area contributed by atoms with Crippen LogP contribution < -0.4 is 0 Å². The predicted molar refractivity (Wildman–Crippen MR) is 78.5 cm³/mol. The van der Waals surface area contributed by atoms with Crippen LogP contribution in [-0.4, -0.2) is 17.4 Å². The summed E-state index contributed by atoms with van der Waals surface area (Å²) >= 11 is 5.60. The van der Waals surface area contributed by atoms with Crippen LogP contribution >= 0.6 is 11.6 Å². The van der Waals surface area contributed by atoms with E-state index in [1.807, 2.05) is 6.92 Å². The van der Waals surface area contributed by atoms with E-state index in [9.17, 15) is 12.8 Å². The van der Waals surface area contributed by atoms with Crippen LogP contribution in [0, 0.1) is 12.7 Å². The Hall–Kier alpha value is -1.92. The van der Waals surface area contributed by atoms with Crippen molar-refractivity contribution in [2.24, 2.45) is 0 Å². The number of pyridine rings is 1. The summed E-state index contributed by atoms with van der Waals surface area (Å²) in [5.41, 5.74) is 1.10. The van der Waals surface area contributed by atoms with E-state index in [2.05, 4.69) is 4.98 Å². The normalized spacial score (nSPS) is 12.0. The molecule has 7 heteroatoms. The molecule has 3 rings (SSSR count). The van der Waals surface area contributed by atoms with Crippen molar-refractivity contribution in [3.63, 3.8) is 0 Å². The van der Waals surface area contributed by atoms with E-state index < -0.39 is 15.8 Å². The first-order chi connectivity index (χ1) is 9.91. The van der Waals surface area contributed by atoms with Gasteiger partial charge in [0.2, 0.25) is 0 Å². The van der Waals surface area contributed by atoms with Gasteiger partial charge in [-0.05, 0) is 25.1 Å². The SMILES string of the molecule is Cc1ccc(S(=O)(=O)n2ccc3c(F)c(Cl)ncc32)cc1. The first kappa shape index (κ1) is 14.0. The summed E-state index contributed by atoms with van der Waals surface area (Å²) in [7, 11) is -3.80. The van der Waals surface area contributed by atoms with E-state index in [1.54, 1.807) is 12.1 Å². The lowest BCUT2D eigenvalue weighted by Gasteiger charge is -2.08. The first-order valence-electron chi connectivity index (χ1n) is 6.04. The highest BCUT2D eigenvalue weighted by atomic mass is 35.5. The molecule has 3 aromatic rings. The molecule has 0 aliphatic rings. The van der Waals surface area contributed by atoms with E-state index in [1.165, 1.54) is 30.6 Å². The van der Waals surface area contributed by atoms with Crippen LogP contribution in [0.2, 0.25) is 5.15 Å². The Morgan fingerprint density at radius 2 is 1.86 bits per heavy atom. The minimum Gasteiger partial charge on any atom is -0.239 e. The molecular weight excluding hydrogens is 315 g/mol. The Morgan fingerprint density at radius 3 is 2.52 bits per heavy atom. The van der Waals surface area contributed by atoms with E-state index >= 15 is 0 Å². The van der Waals surface area contributed by atoms with Crippen molar-refractivity contribution in [3.8, 4) is 0 Å². The molecular formula is C14H10ClFN2O2S. The Bertz CT molecular complexity index is 934. The molecule has 0 radical (unpaired) electrons. The van der Waals surface area contributed by atoms with Gasteiger partial charge in [-0.15, -0.1) is 0 Å². The molecule has 0 bridgehead atoms. The molecule has 0 atom stereocenters. The van der Waals surface area contributed by atoms with Gasteiger partial charge in [-0.3, -0.25) is 0 Å². The maximum Gasteiger partial charge on any atom is 0.268 e. The molecule has 0 spiro atoms. The number of hydrogen-bond acceptors (Lipinski definition) is 3. The molecule has 108 valence electrons. The fourth-order valence-electron chi connectivity index (χ4n) is 2.06. The quantitative estimate of drug-likeness (QED) is 0.679. The lowest BCUT2D eigenvalue weighted by molar-refractivity contribution is 0.589.